The van der Waals surface area contributed by atoms with Gasteiger partial charge >= 0.3 is 0 Å². The van der Waals surface area contributed by atoms with Crippen molar-refractivity contribution in [2.45, 2.75) is 32.7 Å². The number of hydrogen-bond acceptors (Lipinski definition) is 2. The van der Waals surface area contributed by atoms with Crippen molar-refractivity contribution in [3.63, 3.8) is 0 Å². The van der Waals surface area contributed by atoms with E-state index in [9.17, 15) is 4.39 Å². The molecule has 1 aromatic heterocycles. The number of halogens is 2. The van der Waals surface area contributed by atoms with Crippen molar-refractivity contribution in [1.29, 1.82) is 0 Å². The van der Waals surface area contributed by atoms with E-state index >= 15 is 0 Å². The summed E-state index contributed by atoms with van der Waals surface area (Å²) in [6, 6.07) is 7.22. The van der Waals surface area contributed by atoms with Crippen LogP contribution in [-0.2, 0) is 12.8 Å². The number of likely N-dealkylation sites (N-methyl/N-ethyl adjacent to an activating group) is 1. The first-order chi connectivity index (χ1) is 9.65. The zero-order chi connectivity index (χ0) is 14.5. The van der Waals surface area contributed by atoms with Crippen molar-refractivity contribution < 1.29 is 4.39 Å². The summed E-state index contributed by atoms with van der Waals surface area (Å²) in [4.78, 5) is 1.31. The van der Waals surface area contributed by atoms with E-state index in [-0.39, 0.29) is 11.9 Å². The third kappa shape index (κ3) is 3.60. The number of rotatable bonds is 6. The predicted molar refractivity (Wildman–Crippen MR) is 85.2 cm³/mol. The van der Waals surface area contributed by atoms with Crippen LogP contribution in [0.2, 0.25) is 5.02 Å². The molecule has 108 valence electrons. The van der Waals surface area contributed by atoms with Crippen molar-refractivity contribution in [2.24, 2.45) is 0 Å². The highest BCUT2D eigenvalue weighted by Gasteiger charge is 2.17. The molecular formula is C16H19ClFNS. The molecule has 1 unspecified atom stereocenters. The van der Waals surface area contributed by atoms with E-state index in [4.69, 9.17) is 11.6 Å². The van der Waals surface area contributed by atoms with Gasteiger partial charge in [-0.1, -0.05) is 31.5 Å². The largest absolute Gasteiger partial charge is 0.309 e. The monoisotopic (exact) mass is 311 g/mol. The smallest absolute Gasteiger partial charge is 0.127 e. The second-order valence-electron chi connectivity index (χ2n) is 4.71. The molecule has 0 radical (unpaired) electrons. The second kappa shape index (κ2) is 7.21. The van der Waals surface area contributed by atoms with Crippen molar-refractivity contribution in [1.82, 2.24) is 5.32 Å². The Labute approximate surface area is 128 Å². The van der Waals surface area contributed by atoms with Gasteiger partial charge in [-0.15, -0.1) is 11.3 Å². The van der Waals surface area contributed by atoms with Gasteiger partial charge in [0.1, 0.15) is 5.82 Å². The Morgan fingerprint density at radius 2 is 2.05 bits per heavy atom. The Balaban J connectivity index is 2.25. The van der Waals surface area contributed by atoms with E-state index < -0.39 is 0 Å². The molecule has 2 rings (SSSR count). The van der Waals surface area contributed by atoms with Crippen LogP contribution < -0.4 is 5.32 Å². The lowest BCUT2D eigenvalue weighted by Gasteiger charge is -2.19. The Kier molecular flexibility index (Phi) is 5.58. The molecule has 1 N–H and O–H groups in total. The van der Waals surface area contributed by atoms with E-state index in [1.54, 1.807) is 23.5 Å². The van der Waals surface area contributed by atoms with Crippen molar-refractivity contribution >= 4 is 22.9 Å². The standard InChI is InChI=1S/C16H19ClFNS/c1-3-11-7-8-20-16(11)15(19-4-2)9-12-5-6-13(17)10-14(12)18/h5-8,10,15,19H,3-4,9H2,1-2H3. The molecule has 0 aliphatic heterocycles. The molecule has 0 bridgehead atoms. The zero-order valence-corrected chi connectivity index (χ0v) is 13.3. The molecule has 1 atom stereocenters. The quantitative estimate of drug-likeness (QED) is 0.792. The molecule has 1 aromatic carbocycles. The fourth-order valence-corrected chi connectivity index (χ4v) is 3.59. The van der Waals surface area contributed by atoms with E-state index in [0.717, 1.165) is 13.0 Å². The predicted octanol–water partition coefficient (Wildman–Crippen LogP) is 5.00. The van der Waals surface area contributed by atoms with Crippen LogP contribution in [0.5, 0.6) is 0 Å². The van der Waals surface area contributed by atoms with Gasteiger partial charge in [0.15, 0.2) is 0 Å². The summed E-state index contributed by atoms with van der Waals surface area (Å²) in [6.45, 7) is 5.09. The summed E-state index contributed by atoms with van der Waals surface area (Å²) in [5, 5.41) is 6.01. The first-order valence-corrected chi connectivity index (χ1v) is 8.15. The minimum atomic E-state index is -0.227. The summed E-state index contributed by atoms with van der Waals surface area (Å²) in [5.41, 5.74) is 2.05. The lowest BCUT2D eigenvalue weighted by molar-refractivity contribution is 0.532. The van der Waals surface area contributed by atoms with Gasteiger partial charge < -0.3 is 5.32 Å². The highest BCUT2D eigenvalue weighted by atomic mass is 35.5. The van der Waals surface area contributed by atoms with Gasteiger partial charge in [-0.05, 0) is 54.1 Å². The lowest BCUT2D eigenvalue weighted by Crippen LogP contribution is -2.23. The molecule has 0 aliphatic carbocycles. The average molecular weight is 312 g/mol. The minimum Gasteiger partial charge on any atom is -0.309 e. The van der Waals surface area contributed by atoms with Crippen molar-refractivity contribution in [2.75, 3.05) is 6.54 Å². The van der Waals surface area contributed by atoms with Crippen LogP contribution in [0.3, 0.4) is 0 Å². The first kappa shape index (κ1) is 15.5. The van der Waals surface area contributed by atoms with Gasteiger partial charge in [0.25, 0.3) is 0 Å². The lowest BCUT2D eigenvalue weighted by atomic mass is 10.0. The van der Waals surface area contributed by atoms with Crippen LogP contribution in [0, 0.1) is 5.82 Å². The van der Waals surface area contributed by atoms with Crippen molar-refractivity contribution in [3.05, 3.63) is 56.5 Å². The van der Waals surface area contributed by atoms with Crippen LogP contribution in [0.15, 0.2) is 29.6 Å². The summed E-state index contributed by atoms with van der Waals surface area (Å²) >= 11 is 7.55. The maximum absolute atomic E-state index is 14.0. The molecule has 2 aromatic rings. The van der Waals surface area contributed by atoms with Crippen LogP contribution in [0.1, 0.15) is 35.9 Å². The van der Waals surface area contributed by atoms with Crippen molar-refractivity contribution in [3.8, 4) is 0 Å². The van der Waals surface area contributed by atoms with Gasteiger partial charge in [-0.3, -0.25) is 0 Å². The molecule has 1 heterocycles. The number of nitrogens with one attached hydrogen (secondary N) is 1. The van der Waals surface area contributed by atoms with E-state index in [1.807, 2.05) is 0 Å². The van der Waals surface area contributed by atoms with Crippen LogP contribution in [-0.4, -0.2) is 6.54 Å². The Morgan fingerprint density at radius 1 is 1.25 bits per heavy atom. The van der Waals surface area contributed by atoms with E-state index in [2.05, 4.69) is 30.6 Å². The van der Waals surface area contributed by atoms with E-state index in [0.29, 0.717) is 17.0 Å². The van der Waals surface area contributed by atoms with E-state index in [1.165, 1.54) is 16.5 Å². The van der Waals surface area contributed by atoms with Gasteiger partial charge in [0.05, 0.1) is 0 Å². The molecule has 20 heavy (non-hydrogen) atoms. The van der Waals surface area contributed by atoms with Gasteiger partial charge in [-0.2, -0.15) is 0 Å². The highest BCUT2D eigenvalue weighted by Crippen LogP contribution is 2.29. The first-order valence-electron chi connectivity index (χ1n) is 6.89. The maximum Gasteiger partial charge on any atom is 0.127 e. The number of thiophene rings is 1. The number of hydrogen-bond donors (Lipinski definition) is 1. The molecule has 0 fully saturated rings. The van der Waals surface area contributed by atoms with Gasteiger partial charge in [-0.25, -0.2) is 4.39 Å². The van der Waals surface area contributed by atoms with Crippen LogP contribution in [0.4, 0.5) is 4.39 Å². The molecule has 0 aliphatic rings. The molecule has 0 saturated carbocycles. The van der Waals surface area contributed by atoms with Gasteiger partial charge in [0, 0.05) is 15.9 Å². The third-order valence-electron chi connectivity index (χ3n) is 3.37. The zero-order valence-electron chi connectivity index (χ0n) is 11.7. The van der Waals surface area contributed by atoms with Crippen LogP contribution in [0.25, 0.3) is 0 Å². The second-order valence-corrected chi connectivity index (χ2v) is 6.10. The summed E-state index contributed by atoms with van der Waals surface area (Å²) in [6.07, 6.45) is 1.65. The number of aryl methyl sites for hydroxylation is 1. The minimum absolute atomic E-state index is 0.158. The fourth-order valence-electron chi connectivity index (χ4n) is 2.36. The summed E-state index contributed by atoms with van der Waals surface area (Å²) < 4.78 is 14.0. The normalized spacial score (nSPS) is 12.6. The topological polar surface area (TPSA) is 12.0 Å². The highest BCUT2D eigenvalue weighted by molar-refractivity contribution is 7.10. The molecule has 0 amide bonds. The molecule has 0 spiro atoms. The maximum atomic E-state index is 14.0. The number of benzene rings is 1. The summed E-state index contributed by atoms with van der Waals surface area (Å²) in [5.74, 6) is -0.227. The Bertz CT molecular complexity index is 567. The third-order valence-corrected chi connectivity index (χ3v) is 4.68. The van der Waals surface area contributed by atoms with Gasteiger partial charge in [0.2, 0.25) is 0 Å². The Morgan fingerprint density at radius 3 is 2.70 bits per heavy atom. The fraction of sp³-hybridized carbons (Fsp3) is 0.375. The average Bonchev–Trinajstić information content (AvgIpc) is 2.89. The molecule has 0 saturated heterocycles. The SMILES string of the molecule is CCNC(Cc1ccc(Cl)cc1F)c1sccc1CC. The van der Waals surface area contributed by atoms with Crippen LogP contribution >= 0.6 is 22.9 Å². The molecule has 1 nitrogen and oxygen atoms in total. The molecule has 4 heteroatoms. The summed E-state index contributed by atoms with van der Waals surface area (Å²) in [7, 11) is 0. The molecular weight excluding hydrogens is 293 g/mol. The Hall–Kier alpha value is -0.900.